The van der Waals surface area contributed by atoms with E-state index in [4.69, 9.17) is 8.83 Å². The lowest BCUT2D eigenvalue weighted by Crippen LogP contribution is -2.49. The Labute approximate surface area is 205 Å². The molecule has 10 nitrogen and oxygen atoms in total. The maximum Gasteiger partial charge on any atom is 0.266 e. The summed E-state index contributed by atoms with van der Waals surface area (Å²) in [6.45, 7) is 2.22. The zero-order valence-electron chi connectivity index (χ0n) is 18.6. The van der Waals surface area contributed by atoms with Gasteiger partial charge in [-0.3, -0.25) is 4.79 Å². The minimum atomic E-state index is 0.0657. The highest BCUT2D eigenvalue weighted by Crippen LogP contribution is 2.30. The summed E-state index contributed by atoms with van der Waals surface area (Å²) in [4.78, 5) is 20.8. The SMILES string of the molecule is N#Cc1nc(-c2ccco2)oc1N1CCN(C(=O)CSc2nnc(NC3CCCCC3)s2)CC1. The van der Waals surface area contributed by atoms with Crippen LogP contribution in [-0.4, -0.2) is 64.0 Å². The fourth-order valence-electron chi connectivity index (χ4n) is 4.23. The molecule has 1 saturated heterocycles. The van der Waals surface area contributed by atoms with Gasteiger partial charge < -0.3 is 24.0 Å². The molecule has 2 fully saturated rings. The molecule has 1 aliphatic heterocycles. The number of anilines is 2. The molecule has 0 bridgehead atoms. The first-order valence-electron chi connectivity index (χ1n) is 11.4. The predicted molar refractivity (Wildman–Crippen MR) is 129 cm³/mol. The molecule has 0 radical (unpaired) electrons. The largest absolute Gasteiger partial charge is 0.459 e. The number of piperazine rings is 1. The number of oxazole rings is 1. The third-order valence-corrected chi connectivity index (χ3v) is 8.00. The number of aromatic nitrogens is 3. The first-order chi connectivity index (χ1) is 16.7. The van der Waals surface area contributed by atoms with E-state index in [1.807, 2.05) is 9.80 Å². The van der Waals surface area contributed by atoms with Crippen molar-refractivity contribution in [2.24, 2.45) is 0 Å². The van der Waals surface area contributed by atoms with E-state index in [9.17, 15) is 10.1 Å². The van der Waals surface area contributed by atoms with Crippen LogP contribution < -0.4 is 10.2 Å². The van der Waals surface area contributed by atoms with Crippen LogP contribution >= 0.6 is 23.1 Å². The Morgan fingerprint density at radius 3 is 2.79 bits per heavy atom. The Hall–Kier alpha value is -3.04. The summed E-state index contributed by atoms with van der Waals surface area (Å²) >= 11 is 2.94. The zero-order valence-corrected chi connectivity index (χ0v) is 20.2. The van der Waals surface area contributed by atoms with Crippen molar-refractivity contribution in [2.45, 2.75) is 42.5 Å². The third kappa shape index (κ3) is 5.20. The van der Waals surface area contributed by atoms with Crippen LogP contribution in [0.2, 0.25) is 0 Å². The van der Waals surface area contributed by atoms with Crippen molar-refractivity contribution < 1.29 is 13.6 Å². The second-order valence-electron chi connectivity index (χ2n) is 8.27. The van der Waals surface area contributed by atoms with Crippen LogP contribution in [0.25, 0.3) is 11.7 Å². The Balaban J connectivity index is 1.11. The number of hydrogen-bond donors (Lipinski definition) is 1. The molecule has 34 heavy (non-hydrogen) atoms. The van der Waals surface area contributed by atoms with Crippen LogP contribution in [0, 0.1) is 11.3 Å². The van der Waals surface area contributed by atoms with Crippen LogP contribution in [0.15, 0.2) is 31.6 Å². The normalized spacial score (nSPS) is 17.0. The molecule has 2 aliphatic rings. The summed E-state index contributed by atoms with van der Waals surface area (Å²) < 4.78 is 11.9. The van der Waals surface area contributed by atoms with Crippen molar-refractivity contribution in [2.75, 3.05) is 42.1 Å². The standard InChI is InChI=1S/C22H25N7O3S2/c23-13-16-20(32-19(25-16)17-7-4-12-31-17)29-10-8-28(9-11-29)18(30)14-33-22-27-26-21(34-22)24-15-5-2-1-3-6-15/h4,7,12,15H,1-3,5-6,8-11,14H2,(H,24,26). The number of furan rings is 1. The van der Waals surface area contributed by atoms with Gasteiger partial charge in [-0.25, -0.2) is 0 Å². The lowest BCUT2D eigenvalue weighted by atomic mass is 9.96. The molecule has 12 heteroatoms. The van der Waals surface area contributed by atoms with Gasteiger partial charge in [-0.2, -0.15) is 10.2 Å². The number of rotatable bonds is 7. The summed E-state index contributed by atoms with van der Waals surface area (Å²) in [5, 5.41) is 22.2. The summed E-state index contributed by atoms with van der Waals surface area (Å²) in [6.07, 6.45) is 7.73. The minimum Gasteiger partial charge on any atom is -0.459 e. The van der Waals surface area contributed by atoms with Crippen LogP contribution in [0.5, 0.6) is 0 Å². The first kappa shape index (κ1) is 22.7. The molecule has 4 heterocycles. The Bertz CT molecular complexity index is 1140. The fraction of sp³-hybridized carbons (Fsp3) is 0.500. The van der Waals surface area contributed by atoms with E-state index in [1.165, 1.54) is 61.5 Å². The summed E-state index contributed by atoms with van der Waals surface area (Å²) in [5.74, 6) is 1.56. The number of thioether (sulfide) groups is 1. The number of hydrogen-bond acceptors (Lipinski definition) is 11. The molecule has 3 aromatic rings. The van der Waals surface area contributed by atoms with Crippen molar-refractivity contribution in [1.82, 2.24) is 20.1 Å². The molecule has 0 aromatic carbocycles. The Kier molecular flexibility index (Phi) is 7.01. The Morgan fingerprint density at radius 1 is 1.24 bits per heavy atom. The van der Waals surface area contributed by atoms with Gasteiger partial charge in [0.15, 0.2) is 10.1 Å². The van der Waals surface area contributed by atoms with Gasteiger partial charge in [-0.1, -0.05) is 42.4 Å². The molecule has 1 amide bonds. The van der Waals surface area contributed by atoms with Crippen LogP contribution in [0.3, 0.4) is 0 Å². The maximum atomic E-state index is 12.7. The van der Waals surface area contributed by atoms with Crippen molar-refractivity contribution >= 4 is 40.0 Å². The average molecular weight is 500 g/mol. The van der Waals surface area contributed by atoms with Gasteiger partial charge in [0, 0.05) is 32.2 Å². The van der Waals surface area contributed by atoms with Gasteiger partial charge >= 0.3 is 0 Å². The molecular formula is C22H25N7O3S2. The van der Waals surface area contributed by atoms with Crippen LogP contribution in [0.1, 0.15) is 37.8 Å². The van der Waals surface area contributed by atoms with E-state index in [-0.39, 0.29) is 17.5 Å². The van der Waals surface area contributed by atoms with Crippen molar-refractivity contribution in [3.05, 3.63) is 24.1 Å². The number of amides is 1. The van der Waals surface area contributed by atoms with Crippen molar-refractivity contribution in [1.29, 1.82) is 5.26 Å². The average Bonchev–Trinajstić information content (AvgIpc) is 3.64. The lowest BCUT2D eigenvalue weighted by Gasteiger charge is -2.34. The second kappa shape index (κ2) is 10.5. The molecule has 0 atom stereocenters. The van der Waals surface area contributed by atoms with E-state index >= 15 is 0 Å². The number of nitrogens with one attached hydrogen (secondary N) is 1. The van der Waals surface area contributed by atoms with Gasteiger partial charge in [0.25, 0.3) is 5.89 Å². The molecule has 1 N–H and O–H groups in total. The highest BCUT2D eigenvalue weighted by atomic mass is 32.2. The van der Waals surface area contributed by atoms with E-state index < -0.39 is 0 Å². The molecule has 0 unspecified atom stereocenters. The number of nitrogens with zero attached hydrogens (tertiary/aromatic N) is 6. The van der Waals surface area contributed by atoms with Gasteiger partial charge in [-0.05, 0) is 25.0 Å². The van der Waals surface area contributed by atoms with Gasteiger partial charge in [-0.15, -0.1) is 10.2 Å². The number of carbonyl (C=O) groups excluding carboxylic acids is 1. The molecule has 0 spiro atoms. The quantitative estimate of drug-likeness (QED) is 0.479. The highest BCUT2D eigenvalue weighted by Gasteiger charge is 2.27. The summed E-state index contributed by atoms with van der Waals surface area (Å²) in [6, 6.07) is 6.04. The molecule has 178 valence electrons. The third-order valence-electron chi connectivity index (χ3n) is 6.03. The monoisotopic (exact) mass is 499 g/mol. The van der Waals surface area contributed by atoms with E-state index in [0.29, 0.717) is 49.6 Å². The zero-order chi connectivity index (χ0) is 23.3. The van der Waals surface area contributed by atoms with E-state index in [0.717, 1.165) is 9.47 Å². The topological polar surface area (TPSA) is 124 Å². The lowest BCUT2D eigenvalue weighted by molar-refractivity contribution is -0.128. The smallest absolute Gasteiger partial charge is 0.266 e. The van der Waals surface area contributed by atoms with Crippen molar-refractivity contribution in [3.8, 4) is 17.7 Å². The Morgan fingerprint density at radius 2 is 2.06 bits per heavy atom. The molecule has 3 aromatic heterocycles. The highest BCUT2D eigenvalue weighted by molar-refractivity contribution is 8.01. The summed E-state index contributed by atoms with van der Waals surface area (Å²) in [5.41, 5.74) is 0.218. The molecule has 1 saturated carbocycles. The van der Waals surface area contributed by atoms with Gasteiger partial charge in [0.2, 0.25) is 22.6 Å². The van der Waals surface area contributed by atoms with Crippen molar-refractivity contribution in [3.63, 3.8) is 0 Å². The summed E-state index contributed by atoms with van der Waals surface area (Å²) in [7, 11) is 0. The molecule has 5 rings (SSSR count). The molecule has 1 aliphatic carbocycles. The fourth-order valence-corrected chi connectivity index (χ4v) is 5.96. The second-order valence-corrected chi connectivity index (χ2v) is 10.5. The van der Waals surface area contributed by atoms with E-state index in [2.05, 4.69) is 26.6 Å². The maximum absolute atomic E-state index is 12.7. The first-order valence-corrected chi connectivity index (χ1v) is 13.2. The molecular weight excluding hydrogens is 474 g/mol. The number of nitriles is 1. The van der Waals surface area contributed by atoms with Gasteiger partial charge in [0.05, 0.1) is 12.0 Å². The van der Waals surface area contributed by atoms with Gasteiger partial charge in [0.1, 0.15) is 6.07 Å². The minimum absolute atomic E-state index is 0.0657. The van der Waals surface area contributed by atoms with Crippen LogP contribution in [-0.2, 0) is 4.79 Å². The van der Waals surface area contributed by atoms with E-state index in [1.54, 1.807) is 12.1 Å². The predicted octanol–water partition coefficient (Wildman–Crippen LogP) is 3.84. The van der Waals surface area contributed by atoms with Crippen LogP contribution in [0.4, 0.5) is 11.0 Å². The number of carbonyl (C=O) groups is 1.